The summed E-state index contributed by atoms with van der Waals surface area (Å²) in [4.78, 5) is 0. The molecule has 0 aromatic heterocycles. The first-order valence-electron chi connectivity index (χ1n) is 9.06. The third-order valence-electron chi connectivity index (χ3n) is 4.43. The lowest BCUT2D eigenvalue weighted by molar-refractivity contribution is 0.242. The van der Waals surface area contributed by atoms with Gasteiger partial charge in [0.05, 0.1) is 19.3 Å². The average Bonchev–Trinajstić information content (AvgIpc) is 2.61. The maximum atomic E-state index is 5.74. The Hall–Kier alpha value is -2.27. The molecule has 0 bridgehead atoms. The van der Waals surface area contributed by atoms with Gasteiger partial charge in [-0.3, -0.25) is 0 Å². The topological polar surface area (TPSA) is 42.5 Å². The highest BCUT2D eigenvalue weighted by atomic mass is 32.1. The lowest BCUT2D eigenvalue weighted by Gasteiger charge is -2.28. The fourth-order valence-corrected chi connectivity index (χ4v) is 3.57. The molecule has 1 aliphatic carbocycles. The smallest absolute Gasteiger partial charge is 0.171 e. The van der Waals surface area contributed by atoms with E-state index in [0.717, 1.165) is 36.4 Å². The Kier molecular flexibility index (Phi) is 5.99. The summed E-state index contributed by atoms with van der Waals surface area (Å²) in [5, 5.41) is 7.36. The number of ether oxygens (including phenoxy) is 2. The first-order chi connectivity index (χ1) is 12.5. The monoisotopic (exact) mass is 370 g/mol. The standard InChI is InChI=1S/C21H26N2O2S/c1-14(2)25-18-8-5-7-16(13-18)22-21(26)23-20-9-4-6-15-12-17(24-3)10-11-19(15)20/h5,7-8,10-14,20H,4,6,9H2,1-3H3,(H2,22,23,26)/t20-/m1/s1. The number of methoxy groups -OCH3 is 1. The first-order valence-corrected chi connectivity index (χ1v) is 9.47. The quantitative estimate of drug-likeness (QED) is 0.737. The van der Waals surface area contributed by atoms with Gasteiger partial charge < -0.3 is 20.1 Å². The van der Waals surface area contributed by atoms with Gasteiger partial charge in [0, 0.05) is 11.8 Å². The van der Waals surface area contributed by atoms with Crippen molar-refractivity contribution in [1.82, 2.24) is 5.32 Å². The second-order valence-electron chi connectivity index (χ2n) is 6.80. The number of anilines is 1. The zero-order valence-electron chi connectivity index (χ0n) is 15.5. The van der Waals surface area contributed by atoms with E-state index in [4.69, 9.17) is 21.7 Å². The molecule has 0 spiro atoms. The Morgan fingerprint density at radius 2 is 2.00 bits per heavy atom. The molecule has 138 valence electrons. The van der Waals surface area contributed by atoms with Gasteiger partial charge in [0.2, 0.25) is 0 Å². The van der Waals surface area contributed by atoms with Gasteiger partial charge in [-0.2, -0.15) is 0 Å². The molecule has 0 fully saturated rings. The number of rotatable bonds is 5. The van der Waals surface area contributed by atoms with Crippen LogP contribution in [0.15, 0.2) is 42.5 Å². The van der Waals surface area contributed by atoms with Crippen LogP contribution in [0.4, 0.5) is 5.69 Å². The van der Waals surface area contributed by atoms with Crippen molar-refractivity contribution in [3.05, 3.63) is 53.6 Å². The zero-order valence-corrected chi connectivity index (χ0v) is 16.4. The van der Waals surface area contributed by atoms with Gasteiger partial charge in [-0.15, -0.1) is 0 Å². The number of thiocarbonyl (C=S) groups is 1. The summed E-state index contributed by atoms with van der Waals surface area (Å²) in [6, 6.07) is 14.4. The van der Waals surface area contributed by atoms with Crippen LogP contribution < -0.4 is 20.1 Å². The van der Waals surface area contributed by atoms with E-state index < -0.39 is 0 Å². The summed E-state index contributed by atoms with van der Waals surface area (Å²) in [5.74, 6) is 1.75. The van der Waals surface area contributed by atoms with Crippen LogP contribution >= 0.6 is 12.2 Å². The van der Waals surface area contributed by atoms with E-state index >= 15 is 0 Å². The molecule has 0 heterocycles. The minimum absolute atomic E-state index is 0.144. The van der Waals surface area contributed by atoms with Crippen LogP contribution in [0.2, 0.25) is 0 Å². The molecule has 0 aliphatic heterocycles. The van der Waals surface area contributed by atoms with Crippen molar-refractivity contribution in [2.24, 2.45) is 0 Å². The number of hydrogen-bond acceptors (Lipinski definition) is 3. The molecule has 0 amide bonds. The van der Waals surface area contributed by atoms with Gasteiger partial charge in [0.1, 0.15) is 11.5 Å². The SMILES string of the molecule is COc1ccc2c(c1)CCC[C@H]2NC(=S)Nc1cccc(OC(C)C)c1. The van der Waals surface area contributed by atoms with Crippen molar-refractivity contribution in [3.8, 4) is 11.5 Å². The van der Waals surface area contributed by atoms with Crippen molar-refractivity contribution < 1.29 is 9.47 Å². The van der Waals surface area contributed by atoms with Crippen LogP contribution in [-0.4, -0.2) is 18.3 Å². The Morgan fingerprint density at radius 3 is 2.77 bits per heavy atom. The summed E-state index contributed by atoms with van der Waals surface area (Å²) in [6.45, 7) is 4.03. The molecule has 0 saturated heterocycles. The highest BCUT2D eigenvalue weighted by Crippen LogP contribution is 2.32. The molecule has 1 atom stereocenters. The van der Waals surface area contributed by atoms with E-state index in [2.05, 4.69) is 22.8 Å². The third kappa shape index (κ3) is 4.67. The minimum atomic E-state index is 0.144. The fourth-order valence-electron chi connectivity index (χ4n) is 3.31. The first kappa shape index (κ1) is 18.5. The lowest BCUT2D eigenvalue weighted by Crippen LogP contribution is -2.34. The van der Waals surface area contributed by atoms with E-state index in [1.54, 1.807) is 7.11 Å². The highest BCUT2D eigenvalue weighted by molar-refractivity contribution is 7.80. The van der Waals surface area contributed by atoms with Crippen molar-refractivity contribution in [3.63, 3.8) is 0 Å². The van der Waals surface area contributed by atoms with E-state index in [1.165, 1.54) is 11.1 Å². The predicted molar refractivity (Wildman–Crippen MR) is 110 cm³/mol. The Balaban J connectivity index is 1.66. The van der Waals surface area contributed by atoms with Crippen molar-refractivity contribution in [2.75, 3.05) is 12.4 Å². The predicted octanol–water partition coefficient (Wildman–Crippen LogP) is 4.85. The van der Waals surface area contributed by atoms with E-state index in [0.29, 0.717) is 5.11 Å². The van der Waals surface area contributed by atoms with Gasteiger partial charge in [-0.1, -0.05) is 12.1 Å². The molecular formula is C21H26N2O2S. The van der Waals surface area contributed by atoms with Crippen LogP contribution in [0.3, 0.4) is 0 Å². The molecule has 5 heteroatoms. The molecule has 0 unspecified atom stereocenters. The van der Waals surface area contributed by atoms with E-state index in [9.17, 15) is 0 Å². The summed E-state index contributed by atoms with van der Waals surface area (Å²) in [6.07, 6.45) is 3.43. The molecule has 0 saturated carbocycles. The Labute approximate surface area is 160 Å². The molecule has 4 nitrogen and oxygen atoms in total. The van der Waals surface area contributed by atoms with E-state index in [-0.39, 0.29) is 12.1 Å². The molecule has 0 radical (unpaired) electrons. The largest absolute Gasteiger partial charge is 0.497 e. The van der Waals surface area contributed by atoms with Crippen LogP contribution in [0, 0.1) is 0 Å². The number of benzene rings is 2. The van der Waals surface area contributed by atoms with Gasteiger partial charge >= 0.3 is 0 Å². The summed E-state index contributed by atoms with van der Waals surface area (Å²) < 4.78 is 11.1. The molecular weight excluding hydrogens is 344 g/mol. The molecule has 3 rings (SSSR count). The average molecular weight is 371 g/mol. The third-order valence-corrected chi connectivity index (χ3v) is 4.65. The van der Waals surface area contributed by atoms with Crippen LogP contribution in [0.25, 0.3) is 0 Å². The van der Waals surface area contributed by atoms with Gasteiger partial charge in [-0.05, 0) is 80.7 Å². The van der Waals surface area contributed by atoms with Gasteiger partial charge in [-0.25, -0.2) is 0 Å². The number of hydrogen-bond donors (Lipinski definition) is 2. The number of aryl methyl sites for hydroxylation is 1. The van der Waals surface area contributed by atoms with Crippen molar-refractivity contribution in [2.45, 2.75) is 45.3 Å². The Bertz CT molecular complexity index is 776. The van der Waals surface area contributed by atoms with Crippen molar-refractivity contribution in [1.29, 1.82) is 0 Å². The maximum Gasteiger partial charge on any atom is 0.171 e. The zero-order chi connectivity index (χ0) is 18.5. The van der Waals surface area contributed by atoms with Crippen molar-refractivity contribution >= 4 is 23.0 Å². The molecule has 1 aliphatic rings. The highest BCUT2D eigenvalue weighted by Gasteiger charge is 2.21. The maximum absolute atomic E-state index is 5.74. The molecule has 26 heavy (non-hydrogen) atoms. The van der Waals surface area contributed by atoms with Crippen LogP contribution in [0.5, 0.6) is 11.5 Å². The summed E-state index contributed by atoms with van der Waals surface area (Å²) >= 11 is 5.54. The summed E-state index contributed by atoms with van der Waals surface area (Å²) in [7, 11) is 1.70. The van der Waals surface area contributed by atoms with Crippen LogP contribution in [0.1, 0.15) is 43.9 Å². The fraction of sp³-hybridized carbons (Fsp3) is 0.381. The minimum Gasteiger partial charge on any atom is -0.497 e. The molecule has 2 aromatic carbocycles. The van der Waals surface area contributed by atoms with Gasteiger partial charge in [0.15, 0.2) is 5.11 Å². The Morgan fingerprint density at radius 1 is 1.15 bits per heavy atom. The van der Waals surface area contributed by atoms with Crippen LogP contribution in [-0.2, 0) is 6.42 Å². The van der Waals surface area contributed by atoms with E-state index in [1.807, 2.05) is 44.2 Å². The molecule has 2 aromatic rings. The second kappa shape index (κ2) is 8.41. The molecule has 2 N–H and O–H groups in total. The second-order valence-corrected chi connectivity index (χ2v) is 7.21. The number of fused-ring (bicyclic) bond motifs is 1. The van der Waals surface area contributed by atoms with Gasteiger partial charge in [0.25, 0.3) is 0 Å². The normalized spacial score (nSPS) is 15.9. The summed E-state index contributed by atoms with van der Waals surface area (Å²) in [5.41, 5.74) is 3.56. The number of nitrogens with one attached hydrogen (secondary N) is 2. The lowest BCUT2D eigenvalue weighted by atomic mass is 9.87.